The van der Waals surface area contributed by atoms with Gasteiger partial charge in [0.15, 0.2) is 0 Å². The van der Waals surface area contributed by atoms with E-state index in [9.17, 15) is 9.59 Å². The maximum absolute atomic E-state index is 11.3. The zero-order chi connectivity index (χ0) is 9.84. The fraction of sp³-hybridized carbons (Fsp3) is 0.750. The molecule has 2 amide bonds. The zero-order valence-corrected chi connectivity index (χ0v) is 7.62. The third-order valence-electron chi connectivity index (χ3n) is 2.00. The predicted molar refractivity (Wildman–Crippen MR) is 45.9 cm³/mol. The molecule has 1 aliphatic heterocycles. The first-order chi connectivity index (χ1) is 6.09. The highest BCUT2D eigenvalue weighted by molar-refractivity contribution is 5.83. The van der Waals surface area contributed by atoms with Crippen LogP contribution in [0.25, 0.3) is 0 Å². The van der Waals surface area contributed by atoms with Gasteiger partial charge in [-0.1, -0.05) is 0 Å². The number of carbonyl (C=O) groups excluding carboxylic acids is 2. The van der Waals surface area contributed by atoms with E-state index in [1.165, 1.54) is 6.92 Å². The summed E-state index contributed by atoms with van der Waals surface area (Å²) in [6, 6.07) is 0. The average Bonchev–Trinajstić information content (AvgIpc) is 2.47. The summed E-state index contributed by atoms with van der Waals surface area (Å²) >= 11 is 0. The highest BCUT2D eigenvalue weighted by atomic mass is 16.3. The van der Waals surface area contributed by atoms with Crippen LogP contribution in [0.4, 0.5) is 0 Å². The van der Waals surface area contributed by atoms with Gasteiger partial charge in [-0.25, -0.2) is 0 Å². The number of nitrogens with one attached hydrogen (secondary N) is 1. The molecular weight excluding hydrogens is 172 g/mol. The molecule has 0 saturated carbocycles. The summed E-state index contributed by atoms with van der Waals surface area (Å²) < 4.78 is 0. The van der Waals surface area contributed by atoms with Crippen molar-refractivity contribution in [2.24, 2.45) is 0 Å². The normalized spacial score (nSPS) is 21.7. The number of β-amino-alcohol motifs (C(OH)–C–C–N with tert-alkyl or cyclic N) is 1. The lowest BCUT2D eigenvalue weighted by Gasteiger charge is -2.15. The van der Waals surface area contributed by atoms with E-state index < -0.39 is 6.10 Å². The van der Waals surface area contributed by atoms with Crippen LogP contribution in [0.5, 0.6) is 0 Å². The van der Waals surface area contributed by atoms with Gasteiger partial charge >= 0.3 is 0 Å². The Morgan fingerprint density at radius 2 is 2.31 bits per heavy atom. The Labute approximate surface area is 76.7 Å². The Morgan fingerprint density at radius 1 is 1.62 bits per heavy atom. The van der Waals surface area contributed by atoms with Crippen LogP contribution >= 0.6 is 0 Å². The van der Waals surface area contributed by atoms with Gasteiger partial charge < -0.3 is 15.3 Å². The lowest BCUT2D eigenvalue weighted by atomic mass is 10.3. The second-order valence-electron chi connectivity index (χ2n) is 3.19. The molecule has 74 valence electrons. The van der Waals surface area contributed by atoms with Crippen molar-refractivity contribution in [1.29, 1.82) is 0 Å². The van der Waals surface area contributed by atoms with Gasteiger partial charge in [-0.05, 0) is 6.42 Å². The Bertz CT molecular complexity index is 217. The standard InChI is InChI=1S/C8H14N2O3/c1-6(11)9-4-8(13)10-3-2-7(12)5-10/h7,12H,2-5H2,1H3,(H,9,11). The van der Waals surface area contributed by atoms with Crippen molar-refractivity contribution in [3.05, 3.63) is 0 Å². The van der Waals surface area contributed by atoms with Crippen molar-refractivity contribution in [3.8, 4) is 0 Å². The summed E-state index contributed by atoms with van der Waals surface area (Å²) in [5.41, 5.74) is 0. The van der Waals surface area contributed by atoms with Gasteiger partial charge in [-0.15, -0.1) is 0 Å². The first kappa shape index (κ1) is 9.98. The fourth-order valence-electron chi connectivity index (χ4n) is 1.28. The minimum atomic E-state index is -0.402. The second-order valence-corrected chi connectivity index (χ2v) is 3.19. The lowest BCUT2D eigenvalue weighted by Crippen LogP contribution is -2.38. The molecule has 1 heterocycles. The molecule has 13 heavy (non-hydrogen) atoms. The second kappa shape index (κ2) is 4.23. The molecule has 1 fully saturated rings. The number of carbonyl (C=O) groups is 2. The number of rotatable bonds is 2. The van der Waals surface area contributed by atoms with Crippen LogP contribution in [0.15, 0.2) is 0 Å². The Morgan fingerprint density at radius 3 is 2.77 bits per heavy atom. The fourth-order valence-corrected chi connectivity index (χ4v) is 1.28. The molecule has 1 atom stereocenters. The summed E-state index contributed by atoms with van der Waals surface area (Å²) in [6.45, 7) is 2.37. The molecule has 5 heteroatoms. The van der Waals surface area contributed by atoms with Crippen LogP contribution in [0, 0.1) is 0 Å². The molecule has 0 aromatic heterocycles. The van der Waals surface area contributed by atoms with E-state index in [-0.39, 0.29) is 18.4 Å². The van der Waals surface area contributed by atoms with E-state index >= 15 is 0 Å². The molecule has 5 nitrogen and oxygen atoms in total. The summed E-state index contributed by atoms with van der Waals surface area (Å²) in [5, 5.41) is 11.6. The van der Waals surface area contributed by atoms with E-state index in [1.54, 1.807) is 4.90 Å². The summed E-state index contributed by atoms with van der Waals surface area (Å²) in [5.74, 6) is -0.347. The molecule has 0 aromatic carbocycles. The first-order valence-electron chi connectivity index (χ1n) is 4.30. The van der Waals surface area contributed by atoms with Crippen molar-refractivity contribution in [3.63, 3.8) is 0 Å². The van der Waals surface area contributed by atoms with Gasteiger partial charge in [-0.2, -0.15) is 0 Å². The van der Waals surface area contributed by atoms with Crippen LogP contribution in [0.1, 0.15) is 13.3 Å². The van der Waals surface area contributed by atoms with Crippen molar-refractivity contribution >= 4 is 11.8 Å². The topological polar surface area (TPSA) is 69.6 Å². The number of hydrogen-bond acceptors (Lipinski definition) is 3. The van der Waals surface area contributed by atoms with Crippen LogP contribution in [-0.4, -0.2) is 47.6 Å². The van der Waals surface area contributed by atoms with Gasteiger partial charge in [-0.3, -0.25) is 9.59 Å². The van der Waals surface area contributed by atoms with Crippen LogP contribution < -0.4 is 5.32 Å². The van der Waals surface area contributed by atoms with E-state index in [1.807, 2.05) is 0 Å². The van der Waals surface area contributed by atoms with Gasteiger partial charge in [0.1, 0.15) is 0 Å². The largest absolute Gasteiger partial charge is 0.391 e. The van der Waals surface area contributed by atoms with Crippen LogP contribution in [-0.2, 0) is 9.59 Å². The molecule has 0 bridgehead atoms. The number of aliphatic hydroxyl groups excluding tert-OH is 1. The zero-order valence-electron chi connectivity index (χ0n) is 7.62. The van der Waals surface area contributed by atoms with E-state index in [0.717, 1.165) is 0 Å². The quantitative estimate of drug-likeness (QED) is 0.564. The molecule has 1 rings (SSSR count). The minimum Gasteiger partial charge on any atom is -0.391 e. The molecule has 1 saturated heterocycles. The van der Waals surface area contributed by atoms with E-state index in [0.29, 0.717) is 19.5 Å². The van der Waals surface area contributed by atoms with Crippen molar-refractivity contribution in [2.75, 3.05) is 19.6 Å². The van der Waals surface area contributed by atoms with Crippen molar-refractivity contribution in [1.82, 2.24) is 10.2 Å². The summed E-state index contributed by atoms with van der Waals surface area (Å²) in [7, 11) is 0. The molecule has 0 aliphatic carbocycles. The van der Waals surface area contributed by atoms with E-state index in [4.69, 9.17) is 5.11 Å². The van der Waals surface area contributed by atoms with Gasteiger partial charge in [0.25, 0.3) is 0 Å². The number of hydrogen-bond donors (Lipinski definition) is 2. The minimum absolute atomic E-state index is 0.0298. The lowest BCUT2D eigenvalue weighted by molar-refractivity contribution is -0.131. The van der Waals surface area contributed by atoms with Gasteiger partial charge in [0.05, 0.1) is 12.6 Å². The Hall–Kier alpha value is -1.10. The Balaban J connectivity index is 2.27. The SMILES string of the molecule is CC(=O)NCC(=O)N1CCC(O)C1. The first-order valence-corrected chi connectivity index (χ1v) is 4.30. The molecular formula is C8H14N2O3. The number of nitrogens with zero attached hydrogens (tertiary/aromatic N) is 1. The van der Waals surface area contributed by atoms with Crippen molar-refractivity contribution < 1.29 is 14.7 Å². The van der Waals surface area contributed by atoms with Gasteiger partial charge in [0.2, 0.25) is 11.8 Å². The maximum atomic E-state index is 11.3. The smallest absolute Gasteiger partial charge is 0.242 e. The third kappa shape index (κ3) is 3.02. The molecule has 2 N–H and O–H groups in total. The molecule has 1 unspecified atom stereocenters. The average molecular weight is 186 g/mol. The van der Waals surface area contributed by atoms with Crippen molar-refractivity contribution in [2.45, 2.75) is 19.4 Å². The number of aliphatic hydroxyl groups is 1. The molecule has 0 aromatic rings. The monoisotopic (exact) mass is 186 g/mol. The number of likely N-dealkylation sites (tertiary alicyclic amines) is 1. The van der Waals surface area contributed by atoms with Crippen LogP contribution in [0.3, 0.4) is 0 Å². The predicted octanol–water partition coefficient (Wildman–Crippen LogP) is -1.28. The third-order valence-corrected chi connectivity index (χ3v) is 2.00. The molecule has 1 aliphatic rings. The van der Waals surface area contributed by atoms with E-state index in [2.05, 4.69) is 5.32 Å². The summed E-state index contributed by atoms with van der Waals surface area (Å²) in [6.07, 6.45) is 0.229. The molecule has 0 spiro atoms. The molecule has 0 radical (unpaired) electrons. The summed E-state index contributed by atoms with van der Waals surface area (Å²) in [4.78, 5) is 23.3. The number of amides is 2. The van der Waals surface area contributed by atoms with Gasteiger partial charge in [0, 0.05) is 20.0 Å². The maximum Gasteiger partial charge on any atom is 0.242 e. The highest BCUT2D eigenvalue weighted by Gasteiger charge is 2.23. The Kier molecular flexibility index (Phi) is 3.25. The highest BCUT2D eigenvalue weighted by Crippen LogP contribution is 2.07. The van der Waals surface area contributed by atoms with Crippen LogP contribution in [0.2, 0.25) is 0 Å².